The summed E-state index contributed by atoms with van der Waals surface area (Å²) in [5.74, 6) is -6.43. The summed E-state index contributed by atoms with van der Waals surface area (Å²) >= 11 is 11.8. The smallest absolute Gasteiger partial charge is 0.385 e. The van der Waals surface area contributed by atoms with Crippen LogP contribution in [0.3, 0.4) is 0 Å². The summed E-state index contributed by atoms with van der Waals surface area (Å²) in [4.78, 5) is 51.9. The number of nitrogens with zero attached hydrogens (tertiary/aromatic N) is 1. The zero-order chi connectivity index (χ0) is 21.8. The molecule has 1 fully saturated rings. The molecule has 0 amide bonds. The van der Waals surface area contributed by atoms with Crippen molar-refractivity contribution in [2.75, 3.05) is 0 Å². The second kappa shape index (κ2) is 6.56. The summed E-state index contributed by atoms with van der Waals surface area (Å²) in [5, 5.41) is 35.6. The number of hydrogen-bond donors (Lipinski definition) is 4. The van der Waals surface area contributed by atoms with E-state index >= 15 is 0 Å². The lowest BCUT2D eigenvalue weighted by atomic mass is 9.59. The predicted molar refractivity (Wildman–Crippen MR) is 88.4 cm³/mol. The zero-order valence-corrected chi connectivity index (χ0v) is 16.1. The van der Waals surface area contributed by atoms with Crippen LogP contribution in [0.5, 0.6) is 0 Å². The Morgan fingerprint density at radius 1 is 0.926 bits per heavy atom. The highest BCUT2D eigenvalue weighted by molar-refractivity contribution is 6.40. The van der Waals surface area contributed by atoms with Crippen LogP contribution in [0.1, 0.15) is 27.7 Å². The van der Waals surface area contributed by atoms with Gasteiger partial charge in [-0.3, -0.25) is 28.8 Å². The van der Waals surface area contributed by atoms with Gasteiger partial charge in [0, 0.05) is 11.6 Å². The average Bonchev–Trinajstić information content (AvgIpc) is 2.56. The normalized spacial score (nSPS) is 42.7. The summed E-state index contributed by atoms with van der Waals surface area (Å²) in [6, 6.07) is 0. The molecule has 0 aliphatic carbocycles. The number of aliphatic hydroxyl groups is 4. The molecule has 150 valence electrons. The van der Waals surface area contributed by atoms with E-state index in [-0.39, 0.29) is 0 Å². The molecule has 10 nitrogen and oxygen atoms in total. The van der Waals surface area contributed by atoms with Crippen molar-refractivity contribution in [3.05, 3.63) is 11.4 Å². The van der Waals surface area contributed by atoms with Gasteiger partial charge in [0.15, 0.2) is 17.3 Å². The summed E-state index contributed by atoms with van der Waals surface area (Å²) in [5.41, 5.74) is -11.4. The van der Waals surface area contributed by atoms with E-state index in [2.05, 4.69) is 4.85 Å². The van der Waals surface area contributed by atoms with E-state index in [4.69, 9.17) is 34.5 Å². The van der Waals surface area contributed by atoms with Crippen molar-refractivity contribution in [1.82, 2.24) is 0 Å². The lowest BCUT2D eigenvalue weighted by Gasteiger charge is -2.58. The standard InChI is InChI=1S/C15H17Cl2NO9/c1-6(19)10(23)14(16)12(25,8(3)21)11(24,7(2)20)13(26,9(4)22)15(17,18-5)27-14/h6,19,24-26H,1-4H3/t6?,11-,12-,13+,14+,15-/m0/s1. The van der Waals surface area contributed by atoms with Crippen molar-refractivity contribution in [3.8, 4) is 0 Å². The maximum absolute atomic E-state index is 12.5. The van der Waals surface area contributed by atoms with Crippen LogP contribution in [-0.4, -0.2) is 76.7 Å². The summed E-state index contributed by atoms with van der Waals surface area (Å²) in [6.45, 7) is 9.73. The quantitative estimate of drug-likeness (QED) is 0.237. The van der Waals surface area contributed by atoms with Gasteiger partial charge in [0.05, 0.1) is 0 Å². The Labute approximate surface area is 163 Å². The number of ketones is 4. The zero-order valence-electron chi connectivity index (χ0n) is 14.6. The first-order valence-corrected chi connectivity index (χ1v) is 8.10. The van der Waals surface area contributed by atoms with Gasteiger partial charge in [0.2, 0.25) is 17.0 Å². The Bertz CT molecular complexity index is 780. The molecule has 0 aromatic rings. The summed E-state index contributed by atoms with van der Waals surface area (Å²) in [6.07, 6.45) is -2.04. The number of rotatable bonds is 5. The molecule has 1 heterocycles. The summed E-state index contributed by atoms with van der Waals surface area (Å²) < 4.78 is 4.85. The topological polar surface area (TPSA) is 163 Å². The molecule has 0 aromatic carbocycles. The largest absolute Gasteiger partial charge is 0.459 e. The maximum Gasteiger partial charge on any atom is 0.459 e. The molecular formula is C15H17Cl2NO9. The van der Waals surface area contributed by atoms with E-state index in [9.17, 15) is 39.6 Å². The van der Waals surface area contributed by atoms with Gasteiger partial charge in [-0.2, -0.15) is 0 Å². The number of alkyl halides is 2. The Morgan fingerprint density at radius 3 is 1.56 bits per heavy atom. The molecule has 1 aliphatic heterocycles. The minimum atomic E-state index is -3.89. The molecule has 1 aliphatic rings. The molecule has 6 atom stereocenters. The molecule has 12 heteroatoms. The fourth-order valence-corrected chi connectivity index (χ4v) is 4.08. The van der Waals surface area contributed by atoms with E-state index in [0.717, 1.165) is 6.92 Å². The minimum Gasteiger partial charge on any atom is -0.385 e. The third-order valence-corrected chi connectivity index (χ3v) is 5.58. The number of aliphatic hydroxyl groups excluding tert-OH is 1. The van der Waals surface area contributed by atoms with Crippen LogP contribution in [0, 0.1) is 6.57 Å². The van der Waals surface area contributed by atoms with Crippen molar-refractivity contribution < 1.29 is 44.3 Å². The molecule has 0 bridgehead atoms. The molecule has 1 unspecified atom stereocenters. The van der Waals surface area contributed by atoms with Crippen molar-refractivity contribution in [2.24, 2.45) is 0 Å². The number of Topliss-reactive ketones (excluding diaryl/α,β-unsaturated/α-hetero) is 4. The predicted octanol–water partition coefficient (Wildman–Crippen LogP) is -1.33. The van der Waals surface area contributed by atoms with E-state index in [1.54, 1.807) is 0 Å². The third-order valence-electron chi connectivity index (χ3n) is 4.60. The van der Waals surface area contributed by atoms with Gasteiger partial charge in [-0.25, -0.2) is 6.57 Å². The van der Waals surface area contributed by atoms with Gasteiger partial charge < -0.3 is 20.4 Å². The Balaban J connectivity index is 4.25. The van der Waals surface area contributed by atoms with Crippen molar-refractivity contribution in [2.45, 2.75) is 60.8 Å². The van der Waals surface area contributed by atoms with Crippen LogP contribution in [0.4, 0.5) is 0 Å². The van der Waals surface area contributed by atoms with Crippen LogP contribution in [0.2, 0.25) is 0 Å². The van der Waals surface area contributed by atoms with Crippen LogP contribution in [0.15, 0.2) is 0 Å². The van der Waals surface area contributed by atoms with Crippen molar-refractivity contribution in [3.63, 3.8) is 0 Å². The number of carbonyl (C=O) groups excluding carboxylic acids is 4. The molecule has 1 saturated heterocycles. The molecule has 4 N–H and O–H groups in total. The maximum atomic E-state index is 12.5. The first-order valence-electron chi connectivity index (χ1n) is 7.34. The molecular weight excluding hydrogens is 409 g/mol. The van der Waals surface area contributed by atoms with Gasteiger partial charge in [0.25, 0.3) is 10.7 Å². The second-order valence-corrected chi connectivity index (χ2v) is 7.26. The van der Waals surface area contributed by atoms with Crippen LogP contribution < -0.4 is 0 Å². The average molecular weight is 426 g/mol. The lowest BCUT2D eigenvalue weighted by Crippen LogP contribution is -2.91. The highest BCUT2D eigenvalue weighted by Crippen LogP contribution is 2.59. The van der Waals surface area contributed by atoms with E-state index < -0.39 is 56.3 Å². The van der Waals surface area contributed by atoms with Gasteiger partial charge >= 0.3 is 5.18 Å². The van der Waals surface area contributed by atoms with Crippen LogP contribution in [-0.2, 0) is 23.9 Å². The van der Waals surface area contributed by atoms with E-state index in [0.29, 0.717) is 20.8 Å². The van der Waals surface area contributed by atoms with Gasteiger partial charge in [-0.05, 0) is 27.7 Å². The van der Waals surface area contributed by atoms with Crippen molar-refractivity contribution in [1.29, 1.82) is 0 Å². The molecule has 27 heavy (non-hydrogen) atoms. The molecule has 0 aromatic heterocycles. The summed E-state index contributed by atoms with van der Waals surface area (Å²) in [7, 11) is 0. The van der Waals surface area contributed by atoms with Gasteiger partial charge in [-0.15, -0.1) is 0 Å². The first kappa shape index (κ1) is 23.6. The van der Waals surface area contributed by atoms with Crippen LogP contribution >= 0.6 is 23.2 Å². The van der Waals surface area contributed by atoms with Crippen molar-refractivity contribution >= 4 is 46.3 Å². The number of halogens is 2. The molecule has 0 saturated carbocycles. The second-order valence-electron chi connectivity index (χ2n) is 6.21. The first-order chi connectivity index (χ1) is 12.0. The fraction of sp³-hybridized carbons (Fsp3) is 0.667. The van der Waals surface area contributed by atoms with Gasteiger partial charge in [-0.1, -0.05) is 11.6 Å². The van der Waals surface area contributed by atoms with E-state index in [1.165, 1.54) is 0 Å². The number of carbonyl (C=O) groups is 4. The molecule has 0 spiro atoms. The number of ether oxygens (including phenoxy) is 1. The Morgan fingerprint density at radius 2 is 1.30 bits per heavy atom. The highest BCUT2D eigenvalue weighted by atomic mass is 35.5. The highest BCUT2D eigenvalue weighted by Gasteiger charge is 2.91. The third kappa shape index (κ3) is 2.44. The molecule has 1 rings (SSSR count). The minimum absolute atomic E-state index is 0.554. The van der Waals surface area contributed by atoms with Gasteiger partial charge in [0.1, 0.15) is 6.10 Å². The molecule has 0 radical (unpaired) electrons. The monoisotopic (exact) mass is 425 g/mol. The van der Waals surface area contributed by atoms with E-state index in [1.807, 2.05) is 0 Å². The van der Waals surface area contributed by atoms with Crippen LogP contribution in [0.25, 0.3) is 4.85 Å². The number of hydrogen-bond acceptors (Lipinski definition) is 9. The Hall–Kier alpha value is -1.45. The SMILES string of the molecule is [C-]#[N+][C@]1(Cl)O[C@](Cl)(C(=O)C(C)O)[C@](O)(C(C)=O)[C@@](O)(C(C)=O)[C@]1(O)C(C)=O. The lowest BCUT2D eigenvalue weighted by molar-refractivity contribution is -0.325. The fourth-order valence-electron chi connectivity index (χ4n) is 3.12. The Kier molecular flexibility index (Phi) is 5.73.